The van der Waals surface area contributed by atoms with Crippen molar-refractivity contribution in [3.05, 3.63) is 53.1 Å². The maximum absolute atomic E-state index is 8.59. The zero-order valence-electron chi connectivity index (χ0n) is 9.82. The third kappa shape index (κ3) is 3.32. The van der Waals surface area contributed by atoms with E-state index in [4.69, 9.17) is 27.3 Å². The maximum atomic E-state index is 8.59. The van der Waals surface area contributed by atoms with Crippen molar-refractivity contribution in [3.8, 4) is 5.75 Å². The lowest BCUT2D eigenvalue weighted by Crippen LogP contribution is -2.13. The van der Waals surface area contributed by atoms with Crippen LogP contribution in [0.2, 0.25) is 5.02 Å². The lowest BCUT2D eigenvalue weighted by Gasteiger charge is -2.07. The van der Waals surface area contributed by atoms with Gasteiger partial charge in [0.05, 0.1) is 5.02 Å². The zero-order chi connectivity index (χ0) is 13.7. The summed E-state index contributed by atoms with van der Waals surface area (Å²) in [6, 6.07) is 6.59. The molecule has 7 heteroatoms. The van der Waals surface area contributed by atoms with Crippen LogP contribution in [-0.2, 0) is 6.61 Å². The first kappa shape index (κ1) is 13.1. The molecule has 0 bridgehead atoms. The summed E-state index contributed by atoms with van der Waals surface area (Å²) in [5.74, 6) is 1.06. The third-order valence-electron chi connectivity index (χ3n) is 2.31. The van der Waals surface area contributed by atoms with Crippen LogP contribution in [0, 0.1) is 0 Å². The van der Waals surface area contributed by atoms with Crippen LogP contribution in [0.5, 0.6) is 5.75 Å². The van der Waals surface area contributed by atoms with Crippen LogP contribution in [-0.4, -0.2) is 21.0 Å². The standard InChI is InChI=1S/C12H11ClN4O2/c13-10-6-8(2-3-9(10)12(14)17-18)19-7-11-15-4-1-5-16-11/h1-6,18H,7H2,(H2,14,17). The summed E-state index contributed by atoms with van der Waals surface area (Å²) in [4.78, 5) is 8.07. The quantitative estimate of drug-likeness (QED) is 0.385. The van der Waals surface area contributed by atoms with Gasteiger partial charge >= 0.3 is 0 Å². The monoisotopic (exact) mass is 278 g/mol. The van der Waals surface area contributed by atoms with Crippen molar-refractivity contribution in [1.29, 1.82) is 0 Å². The van der Waals surface area contributed by atoms with E-state index >= 15 is 0 Å². The molecule has 2 rings (SSSR count). The Morgan fingerprint density at radius 3 is 2.74 bits per heavy atom. The second kappa shape index (κ2) is 6.01. The highest BCUT2D eigenvalue weighted by Gasteiger charge is 2.07. The molecule has 0 amide bonds. The smallest absolute Gasteiger partial charge is 0.171 e. The molecule has 0 fully saturated rings. The Morgan fingerprint density at radius 2 is 2.11 bits per heavy atom. The van der Waals surface area contributed by atoms with E-state index in [1.54, 1.807) is 36.7 Å². The lowest BCUT2D eigenvalue weighted by atomic mass is 10.2. The predicted molar refractivity (Wildman–Crippen MR) is 70.3 cm³/mol. The molecule has 0 saturated heterocycles. The zero-order valence-corrected chi connectivity index (χ0v) is 10.6. The highest BCUT2D eigenvalue weighted by Crippen LogP contribution is 2.22. The molecular formula is C12H11ClN4O2. The van der Waals surface area contributed by atoms with E-state index in [9.17, 15) is 0 Å². The number of hydrogen-bond acceptors (Lipinski definition) is 5. The number of amidine groups is 1. The van der Waals surface area contributed by atoms with Gasteiger partial charge < -0.3 is 15.7 Å². The second-order valence-electron chi connectivity index (χ2n) is 3.58. The van der Waals surface area contributed by atoms with E-state index in [1.807, 2.05) is 0 Å². The first-order valence-corrected chi connectivity index (χ1v) is 5.74. The predicted octanol–water partition coefficient (Wildman–Crippen LogP) is 1.80. The average molecular weight is 279 g/mol. The van der Waals surface area contributed by atoms with E-state index in [0.717, 1.165) is 0 Å². The van der Waals surface area contributed by atoms with E-state index < -0.39 is 0 Å². The molecule has 0 spiro atoms. The number of hydrogen-bond donors (Lipinski definition) is 2. The fourth-order valence-corrected chi connectivity index (χ4v) is 1.67. The summed E-state index contributed by atoms with van der Waals surface area (Å²) < 4.78 is 5.49. The molecule has 0 aliphatic carbocycles. The van der Waals surface area contributed by atoms with Crippen molar-refractivity contribution in [2.24, 2.45) is 10.9 Å². The van der Waals surface area contributed by atoms with Gasteiger partial charge in [-0.2, -0.15) is 0 Å². The van der Waals surface area contributed by atoms with Gasteiger partial charge in [0, 0.05) is 18.0 Å². The molecule has 98 valence electrons. The topological polar surface area (TPSA) is 93.6 Å². The average Bonchev–Trinajstić information content (AvgIpc) is 2.45. The molecule has 0 radical (unpaired) electrons. The normalized spacial score (nSPS) is 11.3. The summed E-state index contributed by atoms with van der Waals surface area (Å²) in [7, 11) is 0. The van der Waals surface area contributed by atoms with Gasteiger partial charge in [0.1, 0.15) is 12.4 Å². The Bertz CT molecular complexity index is 590. The van der Waals surface area contributed by atoms with E-state index in [0.29, 0.717) is 22.2 Å². The second-order valence-corrected chi connectivity index (χ2v) is 3.99. The van der Waals surface area contributed by atoms with Crippen LogP contribution < -0.4 is 10.5 Å². The fraction of sp³-hybridized carbons (Fsp3) is 0.0833. The Morgan fingerprint density at radius 1 is 1.37 bits per heavy atom. The molecule has 1 aromatic heterocycles. The number of benzene rings is 1. The van der Waals surface area contributed by atoms with Gasteiger partial charge in [-0.25, -0.2) is 9.97 Å². The van der Waals surface area contributed by atoms with Crippen molar-refractivity contribution in [2.75, 3.05) is 0 Å². The molecule has 0 atom stereocenters. The highest BCUT2D eigenvalue weighted by molar-refractivity contribution is 6.34. The first-order valence-electron chi connectivity index (χ1n) is 5.37. The van der Waals surface area contributed by atoms with Crippen LogP contribution in [0.1, 0.15) is 11.4 Å². The van der Waals surface area contributed by atoms with Crippen LogP contribution in [0.3, 0.4) is 0 Å². The molecule has 6 nitrogen and oxygen atoms in total. The van der Waals surface area contributed by atoms with E-state index in [2.05, 4.69) is 15.1 Å². The molecular weight excluding hydrogens is 268 g/mol. The van der Waals surface area contributed by atoms with Crippen LogP contribution in [0.25, 0.3) is 0 Å². The molecule has 3 N–H and O–H groups in total. The van der Waals surface area contributed by atoms with Gasteiger partial charge in [-0.3, -0.25) is 0 Å². The van der Waals surface area contributed by atoms with Crippen LogP contribution in [0.15, 0.2) is 41.8 Å². The van der Waals surface area contributed by atoms with Crippen LogP contribution in [0.4, 0.5) is 0 Å². The molecule has 0 saturated carbocycles. The molecule has 1 heterocycles. The van der Waals surface area contributed by atoms with E-state index in [-0.39, 0.29) is 12.4 Å². The van der Waals surface area contributed by atoms with Gasteiger partial charge in [0.2, 0.25) is 0 Å². The SMILES string of the molecule is N/C(=N/O)c1ccc(OCc2ncccn2)cc1Cl. The van der Waals surface area contributed by atoms with E-state index in [1.165, 1.54) is 0 Å². The number of nitrogens with two attached hydrogens (primary N) is 1. The molecule has 2 aromatic rings. The number of halogens is 1. The summed E-state index contributed by atoms with van der Waals surface area (Å²) >= 11 is 6.00. The Labute approximate surface area is 114 Å². The minimum atomic E-state index is -0.0528. The largest absolute Gasteiger partial charge is 0.486 e. The van der Waals surface area contributed by atoms with Crippen molar-refractivity contribution < 1.29 is 9.94 Å². The summed E-state index contributed by atoms with van der Waals surface area (Å²) in [5, 5.41) is 11.8. The van der Waals surface area contributed by atoms with Gasteiger partial charge in [-0.05, 0) is 24.3 Å². The maximum Gasteiger partial charge on any atom is 0.171 e. The first-order chi connectivity index (χ1) is 9.20. The number of oxime groups is 1. The number of nitrogens with zero attached hydrogens (tertiary/aromatic N) is 3. The summed E-state index contributed by atoms with van der Waals surface area (Å²) in [5.41, 5.74) is 5.90. The van der Waals surface area contributed by atoms with Gasteiger partial charge in [0.15, 0.2) is 11.7 Å². The lowest BCUT2D eigenvalue weighted by molar-refractivity contribution is 0.295. The molecule has 0 unspecified atom stereocenters. The number of aromatic nitrogens is 2. The Kier molecular flexibility index (Phi) is 4.15. The number of rotatable bonds is 4. The van der Waals surface area contributed by atoms with Crippen molar-refractivity contribution in [1.82, 2.24) is 9.97 Å². The summed E-state index contributed by atoms with van der Waals surface area (Å²) in [6.07, 6.45) is 3.28. The molecule has 0 aliphatic heterocycles. The Balaban J connectivity index is 2.09. The summed E-state index contributed by atoms with van der Waals surface area (Å²) in [6.45, 7) is 0.236. The third-order valence-corrected chi connectivity index (χ3v) is 2.62. The van der Waals surface area contributed by atoms with Gasteiger partial charge in [0.25, 0.3) is 0 Å². The number of ether oxygens (including phenoxy) is 1. The highest BCUT2D eigenvalue weighted by atomic mass is 35.5. The van der Waals surface area contributed by atoms with Gasteiger partial charge in [-0.1, -0.05) is 16.8 Å². The molecule has 1 aromatic carbocycles. The fourth-order valence-electron chi connectivity index (χ4n) is 1.40. The van der Waals surface area contributed by atoms with Crippen molar-refractivity contribution >= 4 is 17.4 Å². The minimum Gasteiger partial charge on any atom is -0.486 e. The van der Waals surface area contributed by atoms with Crippen LogP contribution >= 0.6 is 11.6 Å². The minimum absolute atomic E-state index is 0.0528. The molecule has 19 heavy (non-hydrogen) atoms. The van der Waals surface area contributed by atoms with Crippen molar-refractivity contribution in [2.45, 2.75) is 6.61 Å². The molecule has 0 aliphatic rings. The Hall–Kier alpha value is -2.34. The van der Waals surface area contributed by atoms with Gasteiger partial charge in [-0.15, -0.1) is 0 Å². The van der Waals surface area contributed by atoms with Crippen molar-refractivity contribution in [3.63, 3.8) is 0 Å².